The quantitative estimate of drug-likeness (QED) is 0.160. The average molecular weight is 492 g/mol. The van der Waals surface area contributed by atoms with E-state index in [0.717, 1.165) is 36.1 Å². The van der Waals surface area contributed by atoms with Crippen molar-refractivity contribution in [2.75, 3.05) is 11.9 Å². The molecule has 178 valence electrons. The normalized spacial score (nSPS) is 13.0. The molecule has 0 aliphatic heterocycles. The van der Waals surface area contributed by atoms with E-state index in [1.54, 1.807) is 13.0 Å². The van der Waals surface area contributed by atoms with Gasteiger partial charge in [0.05, 0.1) is 29.0 Å². The number of thiophene rings is 1. The molecule has 2 heterocycles. The van der Waals surface area contributed by atoms with Crippen molar-refractivity contribution in [1.29, 1.82) is 5.26 Å². The molecule has 3 aromatic rings. The smallest absolute Gasteiger partial charge is 0.341 e. The molecule has 0 bridgehead atoms. The minimum Gasteiger partial charge on any atom is -0.462 e. The number of hydrogen-bond donors (Lipinski definition) is 2. The standard InChI is InChI=1S/C24H21N5O5S/c1-2-34-24(31)20-18-8-3-4-9-19(18)35-23(20)27-22(30)15(12-25)10-16-13-26-28-21(16)14-6-5-7-17(11-14)29(32)33/h5-7,10-11,13H,2-4,8-9H2,1H3,(H,26,28)(H,27,30)/b15-10+. The van der Waals surface area contributed by atoms with E-state index in [0.29, 0.717) is 27.4 Å². The van der Waals surface area contributed by atoms with Crippen molar-refractivity contribution in [3.8, 4) is 17.3 Å². The second kappa shape index (κ2) is 10.3. The number of nitro benzene ring substituents is 1. The zero-order valence-electron chi connectivity index (χ0n) is 18.8. The number of hydrogen-bond acceptors (Lipinski definition) is 8. The Bertz CT molecular complexity index is 1380. The van der Waals surface area contributed by atoms with Crippen molar-refractivity contribution in [2.24, 2.45) is 0 Å². The molecule has 10 nitrogen and oxygen atoms in total. The van der Waals surface area contributed by atoms with Crippen LogP contribution < -0.4 is 5.32 Å². The van der Waals surface area contributed by atoms with Gasteiger partial charge in [0.25, 0.3) is 11.6 Å². The molecule has 1 aliphatic rings. The third-order valence-electron chi connectivity index (χ3n) is 5.56. The molecule has 2 N–H and O–H groups in total. The van der Waals surface area contributed by atoms with Crippen molar-refractivity contribution in [2.45, 2.75) is 32.6 Å². The fraction of sp³-hybridized carbons (Fsp3) is 0.250. The van der Waals surface area contributed by atoms with Crippen LogP contribution in [0.25, 0.3) is 17.3 Å². The molecular weight excluding hydrogens is 470 g/mol. The molecule has 1 aliphatic carbocycles. The number of nitro groups is 1. The summed E-state index contributed by atoms with van der Waals surface area (Å²) in [5.41, 5.74) is 2.27. The molecule has 11 heteroatoms. The van der Waals surface area contributed by atoms with E-state index in [4.69, 9.17) is 4.74 Å². The third-order valence-corrected chi connectivity index (χ3v) is 6.76. The van der Waals surface area contributed by atoms with E-state index in [2.05, 4.69) is 15.5 Å². The van der Waals surface area contributed by atoms with Crippen LogP contribution in [0.1, 0.15) is 46.1 Å². The Kier molecular flexibility index (Phi) is 7.03. The lowest BCUT2D eigenvalue weighted by molar-refractivity contribution is -0.384. The van der Waals surface area contributed by atoms with Crippen molar-refractivity contribution >= 4 is 40.0 Å². The lowest BCUT2D eigenvalue weighted by Gasteiger charge is -2.12. The van der Waals surface area contributed by atoms with E-state index >= 15 is 0 Å². The molecule has 35 heavy (non-hydrogen) atoms. The summed E-state index contributed by atoms with van der Waals surface area (Å²) >= 11 is 1.33. The second-order valence-electron chi connectivity index (χ2n) is 7.77. The Morgan fingerprint density at radius 3 is 2.91 bits per heavy atom. The van der Waals surface area contributed by atoms with Gasteiger partial charge in [-0.25, -0.2) is 4.79 Å². The highest BCUT2D eigenvalue weighted by Crippen LogP contribution is 2.39. The maximum absolute atomic E-state index is 13.0. The Labute approximate surface area is 204 Å². The van der Waals surface area contributed by atoms with Crippen LogP contribution in [0.5, 0.6) is 0 Å². The summed E-state index contributed by atoms with van der Waals surface area (Å²) in [5, 5.41) is 30.6. The van der Waals surface area contributed by atoms with E-state index in [1.807, 2.05) is 6.07 Å². The highest BCUT2D eigenvalue weighted by Gasteiger charge is 2.28. The van der Waals surface area contributed by atoms with E-state index in [9.17, 15) is 25.0 Å². The predicted octanol–water partition coefficient (Wildman–Crippen LogP) is 4.65. The number of ether oxygens (including phenoxy) is 1. The fourth-order valence-electron chi connectivity index (χ4n) is 3.96. The number of H-pyrrole nitrogens is 1. The molecule has 0 radical (unpaired) electrons. The SMILES string of the molecule is CCOC(=O)c1c(NC(=O)/C(C#N)=C/c2cn[nH]c2-c2cccc([N+](=O)[O-])c2)sc2c1CCCC2. The maximum Gasteiger partial charge on any atom is 0.341 e. The molecule has 0 spiro atoms. The molecule has 4 rings (SSSR count). The van der Waals surface area contributed by atoms with E-state index < -0.39 is 16.8 Å². The maximum atomic E-state index is 13.0. The number of benzene rings is 1. The van der Waals surface area contributed by atoms with Gasteiger partial charge in [0.2, 0.25) is 0 Å². The minimum absolute atomic E-state index is 0.0987. The first-order valence-electron chi connectivity index (χ1n) is 11.0. The lowest BCUT2D eigenvalue weighted by atomic mass is 9.95. The molecule has 0 atom stereocenters. The third kappa shape index (κ3) is 4.97. The molecule has 0 fully saturated rings. The lowest BCUT2D eigenvalue weighted by Crippen LogP contribution is -2.16. The van der Waals surface area contributed by atoms with Crippen LogP contribution in [0.4, 0.5) is 10.7 Å². The van der Waals surface area contributed by atoms with Gasteiger partial charge in [-0.2, -0.15) is 10.4 Å². The van der Waals surface area contributed by atoms with E-state index in [-0.39, 0.29) is 17.9 Å². The molecule has 2 aromatic heterocycles. The summed E-state index contributed by atoms with van der Waals surface area (Å²) in [6.07, 6.45) is 6.29. The van der Waals surface area contributed by atoms with Crippen LogP contribution in [-0.2, 0) is 22.4 Å². The summed E-state index contributed by atoms with van der Waals surface area (Å²) in [6.45, 7) is 1.93. The van der Waals surface area contributed by atoms with Crippen LogP contribution in [-0.4, -0.2) is 33.6 Å². The number of aryl methyl sites for hydroxylation is 1. The largest absolute Gasteiger partial charge is 0.462 e. The first-order chi connectivity index (χ1) is 16.9. The molecule has 1 aromatic carbocycles. The first-order valence-corrected chi connectivity index (χ1v) is 11.8. The van der Waals surface area contributed by atoms with Gasteiger partial charge in [0, 0.05) is 28.1 Å². The molecule has 0 saturated heterocycles. The number of amides is 1. The molecule has 0 saturated carbocycles. The first kappa shape index (κ1) is 23.8. The summed E-state index contributed by atoms with van der Waals surface area (Å²) in [7, 11) is 0. The van der Waals surface area contributed by atoms with Crippen LogP contribution in [0, 0.1) is 21.4 Å². The number of anilines is 1. The summed E-state index contributed by atoms with van der Waals surface area (Å²) in [5.74, 6) is -1.17. The number of carbonyl (C=O) groups is 2. The van der Waals surface area contributed by atoms with Crippen molar-refractivity contribution in [3.63, 3.8) is 0 Å². The Balaban J connectivity index is 1.65. The summed E-state index contributed by atoms with van der Waals surface area (Å²) < 4.78 is 5.21. The number of aromatic amines is 1. The highest BCUT2D eigenvalue weighted by atomic mass is 32.1. The number of nitrogens with one attached hydrogen (secondary N) is 2. The number of carbonyl (C=O) groups excluding carboxylic acids is 2. The van der Waals surface area contributed by atoms with Gasteiger partial charge >= 0.3 is 5.97 Å². The molecular formula is C24H21N5O5S. The number of aromatic nitrogens is 2. The average Bonchev–Trinajstić information content (AvgIpc) is 3.46. The second-order valence-corrected chi connectivity index (χ2v) is 8.87. The van der Waals surface area contributed by atoms with Gasteiger partial charge in [-0.15, -0.1) is 11.3 Å². The van der Waals surface area contributed by atoms with E-state index in [1.165, 1.54) is 41.8 Å². The number of non-ortho nitro benzene ring substituents is 1. The monoisotopic (exact) mass is 491 g/mol. The van der Waals surface area contributed by atoms with Crippen LogP contribution >= 0.6 is 11.3 Å². The zero-order chi connectivity index (χ0) is 24.9. The fourth-order valence-corrected chi connectivity index (χ4v) is 5.23. The number of rotatable bonds is 7. The van der Waals surface area contributed by atoms with Gasteiger partial charge in [0.15, 0.2) is 0 Å². The predicted molar refractivity (Wildman–Crippen MR) is 130 cm³/mol. The molecule has 1 amide bonds. The van der Waals surface area contributed by atoms with Crippen LogP contribution in [0.3, 0.4) is 0 Å². The van der Waals surface area contributed by atoms with Gasteiger partial charge in [-0.1, -0.05) is 12.1 Å². The number of nitrogens with zero attached hydrogens (tertiary/aromatic N) is 3. The highest BCUT2D eigenvalue weighted by molar-refractivity contribution is 7.17. The van der Waals surface area contributed by atoms with Crippen molar-refractivity contribution < 1.29 is 19.2 Å². The number of fused-ring (bicyclic) bond motifs is 1. The van der Waals surface area contributed by atoms with Gasteiger partial charge < -0.3 is 10.1 Å². The van der Waals surface area contributed by atoms with Crippen LogP contribution in [0.15, 0.2) is 36.0 Å². The zero-order valence-corrected chi connectivity index (χ0v) is 19.6. The van der Waals surface area contributed by atoms with Gasteiger partial charge in [-0.3, -0.25) is 20.0 Å². The molecule has 0 unspecified atom stereocenters. The van der Waals surface area contributed by atoms with Gasteiger partial charge in [0.1, 0.15) is 16.6 Å². The van der Waals surface area contributed by atoms with Crippen molar-refractivity contribution in [1.82, 2.24) is 10.2 Å². The minimum atomic E-state index is -0.678. The Morgan fingerprint density at radius 2 is 2.17 bits per heavy atom. The topological polar surface area (TPSA) is 151 Å². The number of nitriles is 1. The summed E-state index contributed by atoms with van der Waals surface area (Å²) in [4.78, 5) is 37.3. The Hall–Kier alpha value is -4.30. The van der Waals surface area contributed by atoms with Crippen LogP contribution in [0.2, 0.25) is 0 Å². The number of esters is 1. The van der Waals surface area contributed by atoms with Crippen molar-refractivity contribution in [3.05, 3.63) is 67.7 Å². The Morgan fingerprint density at radius 1 is 1.37 bits per heavy atom. The summed E-state index contributed by atoms with van der Waals surface area (Å²) in [6, 6.07) is 7.83. The van der Waals surface area contributed by atoms with Gasteiger partial charge in [-0.05, 0) is 44.2 Å².